The van der Waals surface area contributed by atoms with Gasteiger partial charge in [-0.15, -0.1) is 12.6 Å². The maximum atomic E-state index is 12.4. The fourth-order valence-electron chi connectivity index (χ4n) is 2.76. The molecule has 0 aliphatic carbocycles. The summed E-state index contributed by atoms with van der Waals surface area (Å²) in [4.78, 5) is 41.7. The third-order valence-corrected chi connectivity index (χ3v) is 4.79. The van der Waals surface area contributed by atoms with E-state index in [-0.39, 0.29) is 23.6 Å². The molecule has 140 valence electrons. The second-order valence-electron chi connectivity index (χ2n) is 6.05. The lowest BCUT2D eigenvalue weighted by Crippen LogP contribution is -2.37. The lowest BCUT2D eigenvalue weighted by atomic mass is 10.2. The third kappa shape index (κ3) is 3.45. The smallest absolute Gasteiger partial charge is 0.325 e. The monoisotopic (exact) mass is 385 g/mol. The number of carbonyl (C=O) groups excluding carboxylic acids is 1. The molecule has 0 bridgehead atoms. The van der Waals surface area contributed by atoms with Gasteiger partial charge in [0.1, 0.15) is 6.54 Å². The molecule has 0 atom stereocenters. The number of amides is 1. The van der Waals surface area contributed by atoms with E-state index in [0.717, 1.165) is 15.0 Å². The number of aromatic nitrogens is 4. The largest absolute Gasteiger partial charge is 0.332 e. The van der Waals surface area contributed by atoms with Crippen molar-refractivity contribution in [1.82, 2.24) is 18.7 Å². The summed E-state index contributed by atoms with van der Waals surface area (Å²) in [6.45, 7) is 1.80. The Morgan fingerprint density at radius 2 is 1.85 bits per heavy atom. The first-order valence-electron chi connectivity index (χ1n) is 8.20. The number of anilines is 1. The van der Waals surface area contributed by atoms with E-state index in [2.05, 4.69) is 22.9 Å². The van der Waals surface area contributed by atoms with Crippen molar-refractivity contribution in [3.05, 3.63) is 63.1 Å². The minimum atomic E-state index is -0.490. The number of nitrogens with one attached hydrogen (secondary N) is 1. The Hall–Kier alpha value is -3.07. The van der Waals surface area contributed by atoms with E-state index in [4.69, 9.17) is 0 Å². The van der Waals surface area contributed by atoms with Gasteiger partial charge in [0, 0.05) is 24.7 Å². The maximum Gasteiger partial charge on any atom is 0.332 e. The number of nitrogens with zero attached hydrogens (tertiary/aromatic N) is 4. The van der Waals surface area contributed by atoms with Crippen molar-refractivity contribution >= 4 is 40.3 Å². The van der Waals surface area contributed by atoms with Crippen LogP contribution in [0.4, 0.5) is 5.69 Å². The zero-order valence-corrected chi connectivity index (χ0v) is 16.0. The third-order valence-electron chi connectivity index (χ3n) is 4.27. The molecule has 2 aromatic heterocycles. The number of imidazole rings is 1. The molecule has 0 saturated carbocycles. The van der Waals surface area contributed by atoms with Crippen molar-refractivity contribution in [3.63, 3.8) is 0 Å². The minimum Gasteiger partial charge on any atom is -0.325 e. The Bertz CT molecular complexity index is 1170. The molecule has 0 aliphatic rings. The molecule has 1 aromatic carbocycles. The molecule has 3 aromatic rings. The fraction of sp³-hybridized carbons (Fsp3) is 0.222. The number of benzene rings is 1. The lowest BCUT2D eigenvalue weighted by Gasteiger charge is -2.08. The minimum absolute atomic E-state index is 0.0988. The number of hydrogen-bond acceptors (Lipinski definition) is 5. The van der Waals surface area contributed by atoms with Crippen LogP contribution in [0.25, 0.3) is 16.1 Å². The van der Waals surface area contributed by atoms with Crippen LogP contribution in [0.1, 0.15) is 12.5 Å². The lowest BCUT2D eigenvalue weighted by molar-refractivity contribution is -0.116. The fourth-order valence-corrected chi connectivity index (χ4v) is 2.91. The maximum absolute atomic E-state index is 12.4. The summed E-state index contributed by atoms with van der Waals surface area (Å²) in [6, 6.07) is 7.27. The highest BCUT2D eigenvalue weighted by molar-refractivity contribution is 7.90. The van der Waals surface area contributed by atoms with Crippen molar-refractivity contribution in [2.75, 3.05) is 5.32 Å². The van der Waals surface area contributed by atoms with Gasteiger partial charge in [-0.05, 0) is 24.6 Å². The molecule has 0 radical (unpaired) electrons. The van der Waals surface area contributed by atoms with E-state index in [9.17, 15) is 14.4 Å². The Morgan fingerprint density at radius 1 is 1.19 bits per heavy atom. The first-order valence-corrected chi connectivity index (χ1v) is 8.64. The molecule has 0 saturated heterocycles. The SMILES string of the molecule is C/C=C(\S)c1ccc(NC(=O)Cn2cnc3c2c(=O)n(C)c(=O)n3C)cc1. The highest BCUT2D eigenvalue weighted by Crippen LogP contribution is 2.20. The summed E-state index contributed by atoms with van der Waals surface area (Å²) in [5, 5.41) is 2.78. The number of aryl methyl sites for hydroxylation is 1. The molecule has 8 nitrogen and oxygen atoms in total. The first kappa shape index (κ1) is 18.7. The summed E-state index contributed by atoms with van der Waals surface area (Å²) in [6.07, 6.45) is 3.27. The molecule has 0 unspecified atom stereocenters. The molecule has 0 spiro atoms. The van der Waals surface area contributed by atoms with Gasteiger partial charge in [-0.3, -0.25) is 18.7 Å². The molecular formula is C18H19N5O3S. The van der Waals surface area contributed by atoms with E-state index in [1.54, 1.807) is 12.1 Å². The topological polar surface area (TPSA) is 90.9 Å². The van der Waals surface area contributed by atoms with Crippen LogP contribution < -0.4 is 16.6 Å². The molecule has 1 amide bonds. The van der Waals surface area contributed by atoms with Gasteiger partial charge in [0.25, 0.3) is 5.56 Å². The van der Waals surface area contributed by atoms with Crippen LogP contribution in [0.5, 0.6) is 0 Å². The predicted molar refractivity (Wildman–Crippen MR) is 108 cm³/mol. The van der Waals surface area contributed by atoms with E-state index in [1.165, 1.54) is 29.6 Å². The van der Waals surface area contributed by atoms with Crippen molar-refractivity contribution in [3.8, 4) is 0 Å². The standard InChI is InChI=1S/C18H19N5O3S/c1-4-13(27)11-5-7-12(8-6-11)20-14(24)9-23-10-19-16-15(23)17(25)22(3)18(26)21(16)2/h4-8,10,27H,9H2,1-3H3,(H,20,24)/b13-4-. The van der Waals surface area contributed by atoms with Gasteiger partial charge in [-0.1, -0.05) is 18.2 Å². The zero-order chi connectivity index (χ0) is 19.7. The summed E-state index contributed by atoms with van der Waals surface area (Å²) in [5.41, 5.74) is 1.07. The van der Waals surface area contributed by atoms with Gasteiger partial charge in [0.2, 0.25) is 5.91 Å². The quantitative estimate of drug-likeness (QED) is 0.664. The number of rotatable bonds is 4. The Labute approximate surface area is 160 Å². The number of hydrogen-bond donors (Lipinski definition) is 2. The zero-order valence-electron chi connectivity index (χ0n) is 15.1. The molecule has 0 fully saturated rings. The Balaban J connectivity index is 1.85. The van der Waals surface area contributed by atoms with Crippen molar-refractivity contribution in [2.24, 2.45) is 14.1 Å². The van der Waals surface area contributed by atoms with E-state index in [0.29, 0.717) is 5.69 Å². The molecule has 1 N–H and O–H groups in total. The van der Waals surface area contributed by atoms with Crippen LogP contribution in [0.3, 0.4) is 0 Å². The number of fused-ring (bicyclic) bond motifs is 1. The van der Waals surface area contributed by atoms with Crippen LogP contribution in [-0.2, 0) is 25.4 Å². The van der Waals surface area contributed by atoms with Crippen LogP contribution in [0.2, 0.25) is 0 Å². The molecule has 9 heteroatoms. The molecule has 2 heterocycles. The second kappa shape index (κ2) is 7.28. The van der Waals surface area contributed by atoms with E-state index >= 15 is 0 Å². The van der Waals surface area contributed by atoms with Gasteiger partial charge in [-0.2, -0.15) is 0 Å². The summed E-state index contributed by atoms with van der Waals surface area (Å²) < 4.78 is 3.71. The highest BCUT2D eigenvalue weighted by Gasteiger charge is 2.16. The Morgan fingerprint density at radius 3 is 2.48 bits per heavy atom. The van der Waals surface area contributed by atoms with Gasteiger partial charge >= 0.3 is 5.69 Å². The highest BCUT2D eigenvalue weighted by atomic mass is 32.1. The van der Waals surface area contributed by atoms with E-state index < -0.39 is 11.2 Å². The second-order valence-corrected chi connectivity index (χ2v) is 6.53. The van der Waals surface area contributed by atoms with E-state index in [1.807, 2.05) is 25.1 Å². The van der Waals surface area contributed by atoms with Gasteiger partial charge in [-0.25, -0.2) is 9.78 Å². The number of allylic oxidation sites excluding steroid dienone is 1. The molecular weight excluding hydrogens is 366 g/mol. The van der Waals surface area contributed by atoms with Crippen LogP contribution >= 0.6 is 12.6 Å². The van der Waals surface area contributed by atoms with Crippen LogP contribution in [-0.4, -0.2) is 24.6 Å². The molecule has 27 heavy (non-hydrogen) atoms. The Kier molecular flexibility index (Phi) is 5.04. The van der Waals surface area contributed by atoms with Crippen LogP contribution in [0.15, 0.2) is 46.3 Å². The van der Waals surface area contributed by atoms with Gasteiger partial charge in [0.15, 0.2) is 11.2 Å². The normalized spacial score (nSPS) is 11.8. The first-order chi connectivity index (χ1) is 12.8. The summed E-state index contributed by atoms with van der Waals surface area (Å²) in [5.74, 6) is -0.310. The van der Waals surface area contributed by atoms with Crippen molar-refractivity contribution in [2.45, 2.75) is 13.5 Å². The summed E-state index contributed by atoms with van der Waals surface area (Å²) in [7, 11) is 2.92. The van der Waals surface area contributed by atoms with Crippen LogP contribution in [0, 0.1) is 0 Å². The average Bonchev–Trinajstić information content (AvgIpc) is 3.08. The van der Waals surface area contributed by atoms with Gasteiger partial charge < -0.3 is 9.88 Å². The average molecular weight is 385 g/mol. The predicted octanol–water partition coefficient (Wildman–Crippen LogP) is 1.36. The molecule has 0 aliphatic heterocycles. The van der Waals surface area contributed by atoms with Crippen molar-refractivity contribution in [1.29, 1.82) is 0 Å². The number of thiol groups is 1. The number of carbonyl (C=O) groups is 1. The molecule has 3 rings (SSSR count). The summed E-state index contributed by atoms with van der Waals surface area (Å²) >= 11 is 4.36. The van der Waals surface area contributed by atoms with Crippen molar-refractivity contribution < 1.29 is 4.79 Å². The van der Waals surface area contributed by atoms with Gasteiger partial charge in [0.05, 0.1) is 6.33 Å².